The molecule has 12 heteroatoms. The normalized spacial score (nSPS) is 17.5. The number of anilines is 1. The molecule has 37 heavy (non-hydrogen) atoms. The maximum absolute atomic E-state index is 13.5. The van der Waals surface area contributed by atoms with Gasteiger partial charge in [0, 0.05) is 18.8 Å². The molecule has 3 rings (SSSR count). The third kappa shape index (κ3) is 8.34. The molecule has 0 saturated carbocycles. The number of rotatable bonds is 10. The fraction of sp³-hybridized carbons (Fsp3) is 0.440. The van der Waals surface area contributed by atoms with Crippen LogP contribution in [0.15, 0.2) is 59.5 Å². The molecule has 0 bridgehead atoms. The third-order valence-electron chi connectivity index (χ3n) is 5.54. The molecule has 0 unspecified atom stereocenters. The molecule has 1 aliphatic heterocycles. The topological polar surface area (TPSA) is 160 Å². The van der Waals surface area contributed by atoms with E-state index in [1.54, 1.807) is 20.8 Å². The first kappa shape index (κ1) is 28.2. The summed E-state index contributed by atoms with van der Waals surface area (Å²) in [6.45, 7) is 4.61. The number of alkyl carbamates (subject to hydrolysis) is 2. The lowest BCUT2D eigenvalue weighted by Crippen LogP contribution is -2.53. The van der Waals surface area contributed by atoms with E-state index in [1.807, 2.05) is 30.3 Å². The van der Waals surface area contributed by atoms with Crippen molar-refractivity contribution in [2.24, 2.45) is 0 Å². The fourth-order valence-corrected chi connectivity index (χ4v) is 5.28. The minimum atomic E-state index is -4.11. The van der Waals surface area contributed by atoms with Crippen LogP contribution in [-0.4, -0.2) is 73.5 Å². The van der Waals surface area contributed by atoms with Crippen molar-refractivity contribution in [3.8, 4) is 0 Å². The Kier molecular flexibility index (Phi) is 9.00. The van der Waals surface area contributed by atoms with Gasteiger partial charge >= 0.3 is 12.2 Å². The minimum Gasteiger partial charge on any atom is -0.447 e. The van der Waals surface area contributed by atoms with Crippen molar-refractivity contribution in [2.45, 2.75) is 55.9 Å². The standard InChI is InChI=1S/C25H34N4O7S/c1-25(2,3)36-24(32)28-21(13-17-7-5-4-6-8-17)22(30)15-29(14-19-16-35-23(31)27-19)37(33,34)20-11-9-18(26)10-12-20/h4-12,19,21-22,30H,13-16,26H2,1-3H3,(H,27,31)(H,28,32)/t19-,21-,22+/m0/s1. The summed E-state index contributed by atoms with van der Waals surface area (Å²) >= 11 is 0. The number of aliphatic hydroxyl groups excluding tert-OH is 1. The molecule has 0 spiro atoms. The highest BCUT2D eigenvalue weighted by molar-refractivity contribution is 7.89. The second kappa shape index (κ2) is 11.8. The van der Waals surface area contributed by atoms with Crippen molar-refractivity contribution >= 4 is 27.9 Å². The quantitative estimate of drug-likeness (QED) is 0.336. The maximum atomic E-state index is 13.5. The summed E-state index contributed by atoms with van der Waals surface area (Å²) in [5, 5.41) is 16.5. The average molecular weight is 535 g/mol. The largest absolute Gasteiger partial charge is 0.447 e. The van der Waals surface area contributed by atoms with Crippen LogP contribution in [0.2, 0.25) is 0 Å². The average Bonchev–Trinajstić information content (AvgIpc) is 3.22. The van der Waals surface area contributed by atoms with Gasteiger partial charge in [0.1, 0.15) is 12.2 Å². The van der Waals surface area contributed by atoms with Crippen molar-refractivity contribution in [1.29, 1.82) is 0 Å². The second-order valence-electron chi connectivity index (χ2n) is 9.84. The number of nitrogen functional groups attached to an aromatic ring is 1. The Hall–Kier alpha value is -3.35. The Labute approximate surface area is 217 Å². The number of cyclic esters (lactones) is 1. The zero-order valence-electron chi connectivity index (χ0n) is 21.1. The van der Waals surface area contributed by atoms with E-state index in [-0.39, 0.29) is 31.0 Å². The maximum Gasteiger partial charge on any atom is 0.407 e. The lowest BCUT2D eigenvalue weighted by molar-refractivity contribution is 0.0400. The predicted molar refractivity (Wildman–Crippen MR) is 137 cm³/mol. The lowest BCUT2D eigenvalue weighted by Gasteiger charge is -2.31. The molecule has 1 fully saturated rings. The minimum absolute atomic E-state index is 0.0215. The molecule has 0 aromatic heterocycles. The van der Waals surface area contributed by atoms with Gasteiger partial charge in [0.2, 0.25) is 10.0 Å². The number of hydrogen-bond acceptors (Lipinski definition) is 8. The van der Waals surface area contributed by atoms with Gasteiger partial charge in [0.15, 0.2) is 0 Å². The molecule has 1 saturated heterocycles. The van der Waals surface area contributed by atoms with Crippen molar-refractivity contribution < 1.29 is 32.6 Å². The molecule has 5 N–H and O–H groups in total. The van der Waals surface area contributed by atoms with Gasteiger partial charge in [-0.1, -0.05) is 30.3 Å². The van der Waals surface area contributed by atoms with Gasteiger partial charge in [-0.05, 0) is 57.0 Å². The summed E-state index contributed by atoms with van der Waals surface area (Å²) in [5.41, 5.74) is 6.17. The molecule has 0 aliphatic carbocycles. The van der Waals surface area contributed by atoms with Crippen LogP contribution in [0.4, 0.5) is 15.3 Å². The van der Waals surface area contributed by atoms with E-state index in [9.17, 15) is 23.1 Å². The third-order valence-corrected chi connectivity index (χ3v) is 7.38. The van der Waals surface area contributed by atoms with Gasteiger partial charge in [0.05, 0.1) is 23.1 Å². The highest BCUT2D eigenvalue weighted by atomic mass is 32.2. The van der Waals surface area contributed by atoms with Crippen molar-refractivity contribution in [2.75, 3.05) is 25.4 Å². The monoisotopic (exact) mass is 534 g/mol. The summed E-state index contributed by atoms with van der Waals surface area (Å²) in [6, 6.07) is 13.3. The number of hydrogen-bond donors (Lipinski definition) is 4. The molecule has 2 amide bonds. The number of benzene rings is 2. The van der Waals surface area contributed by atoms with Crippen LogP contribution >= 0.6 is 0 Å². The van der Waals surface area contributed by atoms with Crippen molar-refractivity contribution in [3.63, 3.8) is 0 Å². The van der Waals surface area contributed by atoms with Crippen molar-refractivity contribution in [1.82, 2.24) is 14.9 Å². The van der Waals surface area contributed by atoms with E-state index < -0.39 is 46.0 Å². The number of aliphatic hydroxyl groups is 1. The van der Waals surface area contributed by atoms with Crippen LogP contribution in [-0.2, 0) is 25.9 Å². The molecule has 11 nitrogen and oxygen atoms in total. The highest BCUT2D eigenvalue weighted by Gasteiger charge is 2.35. The smallest absolute Gasteiger partial charge is 0.407 e. The van der Waals surface area contributed by atoms with Crippen LogP contribution in [0.1, 0.15) is 26.3 Å². The van der Waals surface area contributed by atoms with E-state index in [2.05, 4.69) is 10.6 Å². The highest BCUT2D eigenvalue weighted by Crippen LogP contribution is 2.20. The molecule has 1 heterocycles. The summed E-state index contributed by atoms with van der Waals surface area (Å²) in [5.74, 6) is 0. The number of carbonyl (C=O) groups is 2. The first-order valence-corrected chi connectivity index (χ1v) is 13.3. The molecule has 2 aromatic rings. The van der Waals surface area contributed by atoms with Crippen LogP contribution < -0.4 is 16.4 Å². The summed E-state index contributed by atoms with van der Waals surface area (Å²) in [4.78, 5) is 24.1. The van der Waals surface area contributed by atoms with E-state index >= 15 is 0 Å². The van der Waals surface area contributed by atoms with Crippen LogP contribution in [0, 0.1) is 0 Å². The van der Waals surface area contributed by atoms with Gasteiger partial charge in [0.25, 0.3) is 0 Å². The van der Waals surface area contributed by atoms with E-state index in [0.717, 1.165) is 9.87 Å². The van der Waals surface area contributed by atoms with Crippen LogP contribution in [0.3, 0.4) is 0 Å². The van der Waals surface area contributed by atoms with Gasteiger partial charge < -0.3 is 30.9 Å². The summed E-state index contributed by atoms with van der Waals surface area (Å²) in [7, 11) is -4.11. The first-order chi connectivity index (χ1) is 17.3. The molecular formula is C25H34N4O7S. The molecule has 3 atom stereocenters. The number of nitrogens with two attached hydrogens (primary N) is 1. The molecule has 2 aromatic carbocycles. The van der Waals surface area contributed by atoms with E-state index in [1.165, 1.54) is 24.3 Å². The molecule has 0 radical (unpaired) electrons. The zero-order chi connectivity index (χ0) is 27.2. The molecule has 1 aliphatic rings. The number of carbonyl (C=O) groups excluding carboxylic acids is 2. The Morgan fingerprint density at radius 1 is 1.22 bits per heavy atom. The van der Waals surface area contributed by atoms with Crippen LogP contribution in [0.25, 0.3) is 0 Å². The number of nitrogens with zero attached hydrogens (tertiary/aromatic N) is 1. The summed E-state index contributed by atoms with van der Waals surface area (Å²) in [6.07, 6.45) is -2.49. The van der Waals surface area contributed by atoms with Gasteiger partial charge in [-0.3, -0.25) is 0 Å². The van der Waals surface area contributed by atoms with Crippen molar-refractivity contribution in [3.05, 3.63) is 60.2 Å². The van der Waals surface area contributed by atoms with E-state index in [4.69, 9.17) is 15.2 Å². The number of ether oxygens (including phenoxy) is 2. The number of nitrogens with one attached hydrogen (secondary N) is 2. The van der Waals surface area contributed by atoms with Gasteiger partial charge in [-0.25, -0.2) is 18.0 Å². The van der Waals surface area contributed by atoms with E-state index in [0.29, 0.717) is 5.69 Å². The van der Waals surface area contributed by atoms with Gasteiger partial charge in [-0.2, -0.15) is 4.31 Å². The molecular weight excluding hydrogens is 500 g/mol. The molecule has 202 valence electrons. The van der Waals surface area contributed by atoms with Crippen LogP contribution in [0.5, 0.6) is 0 Å². The summed E-state index contributed by atoms with van der Waals surface area (Å²) < 4.78 is 38.4. The predicted octanol–water partition coefficient (Wildman–Crippen LogP) is 1.86. The van der Waals surface area contributed by atoms with Gasteiger partial charge in [-0.15, -0.1) is 0 Å². The lowest BCUT2D eigenvalue weighted by atomic mass is 10.0. The second-order valence-corrected chi connectivity index (χ2v) is 11.8. The Balaban J connectivity index is 1.87. The Morgan fingerprint density at radius 3 is 2.43 bits per heavy atom. The Bertz CT molecular complexity index is 1170. The fourth-order valence-electron chi connectivity index (χ4n) is 3.78. The first-order valence-electron chi connectivity index (χ1n) is 11.8. The zero-order valence-corrected chi connectivity index (χ0v) is 21.9. The number of sulfonamides is 1. The number of amides is 2. The Morgan fingerprint density at radius 2 is 1.86 bits per heavy atom. The SMILES string of the molecule is CC(C)(C)OC(=O)N[C@@H](Cc1ccccc1)[C@H](O)CN(C[C@H]1COC(=O)N1)S(=O)(=O)c1ccc(N)cc1.